The number of hydrogen-bond acceptors (Lipinski definition) is 5. The number of nitrogens with one attached hydrogen (secondary N) is 1. The molecule has 1 heterocycles. The maximum Gasteiger partial charge on any atom is 0.224 e. The highest BCUT2D eigenvalue weighted by Gasteiger charge is 2.25. The highest BCUT2D eigenvalue weighted by atomic mass is 19.1. The lowest BCUT2D eigenvalue weighted by Crippen LogP contribution is -2.43. The van der Waals surface area contributed by atoms with E-state index in [0.29, 0.717) is 26.1 Å². The van der Waals surface area contributed by atoms with E-state index < -0.39 is 0 Å². The minimum absolute atomic E-state index is 0.0454. The number of carbonyl (C=O) groups excluding carboxylic acids is 1. The molecule has 0 aliphatic carbocycles. The molecular formula is C24H31FN2O4. The van der Waals surface area contributed by atoms with E-state index >= 15 is 0 Å². The van der Waals surface area contributed by atoms with Gasteiger partial charge in [-0.15, -0.1) is 0 Å². The fourth-order valence-electron chi connectivity index (χ4n) is 3.96. The highest BCUT2D eigenvalue weighted by Crippen LogP contribution is 2.24. The smallest absolute Gasteiger partial charge is 0.224 e. The summed E-state index contributed by atoms with van der Waals surface area (Å²) in [7, 11) is 4.71. The molecule has 6 nitrogen and oxygen atoms in total. The average molecular weight is 431 g/mol. The maximum absolute atomic E-state index is 13.6. The third-order valence-corrected chi connectivity index (χ3v) is 5.62. The van der Waals surface area contributed by atoms with Gasteiger partial charge in [0.15, 0.2) is 11.6 Å². The van der Waals surface area contributed by atoms with Gasteiger partial charge in [-0.2, -0.15) is 0 Å². The fourth-order valence-corrected chi connectivity index (χ4v) is 3.96. The van der Waals surface area contributed by atoms with Gasteiger partial charge >= 0.3 is 0 Å². The first-order valence-corrected chi connectivity index (χ1v) is 10.6. The number of hydrogen-bond donors (Lipinski definition) is 1. The Hall–Kier alpha value is -2.80. The molecule has 0 saturated carbocycles. The molecule has 1 atom stereocenters. The molecule has 1 N–H and O–H groups in total. The Labute approximate surface area is 183 Å². The van der Waals surface area contributed by atoms with Crippen LogP contribution in [0.2, 0.25) is 0 Å². The number of methoxy groups -OCH3 is 3. The van der Waals surface area contributed by atoms with Crippen molar-refractivity contribution in [2.75, 3.05) is 41.0 Å². The number of halogens is 1. The minimum Gasteiger partial charge on any atom is -0.497 e. The van der Waals surface area contributed by atoms with Crippen LogP contribution in [0.5, 0.6) is 17.2 Å². The van der Waals surface area contributed by atoms with Crippen LogP contribution < -0.4 is 19.5 Å². The van der Waals surface area contributed by atoms with Crippen molar-refractivity contribution in [2.45, 2.75) is 25.8 Å². The lowest BCUT2D eigenvalue weighted by atomic mass is 9.96. The van der Waals surface area contributed by atoms with Gasteiger partial charge in [0.2, 0.25) is 5.91 Å². The van der Waals surface area contributed by atoms with Crippen molar-refractivity contribution < 1.29 is 23.4 Å². The number of carbonyl (C=O) groups is 1. The predicted octanol–water partition coefficient (Wildman–Crippen LogP) is 3.42. The van der Waals surface area contributed by atoms with E-state index in [4.69, 9.17) is 14.2 Å². The Balaban J connectivity index is 1.50. The van der Waals surface area contributed by atoms with Crippen molar-refractivity contribution in [1.82, 2.24) is 10.2 Å². The van der Waals surface area contributed by atoms with E-state index in [1.165, 1.54) is 13.2 Å². The van der Waals surface area contributed by atoms with E-state index in [9.17, 15) is 9.18 Å². The maximum atomic E-state index is 13.6. The lowest BCUT2D eigenvalue weighted by molar-refractivity contribution is -0.126. The van der Waals surface area contributed by atoms with Crippen LogP contribution in [0.1, 0.15) is 24.0 Å². The largest absolute Gasteiger partial charge is 0.497 e. The van der Waals surface area contributed by atoms with Gasteiger partial charge < -0.3 is 19.5 Å². The van der Waals surface area contributed by atoms with E-state index in [-0.39, 0.29) is 23.4 Å². The summed E-state index contributed by atoms with van der Waals surface area (Å²) in [6.45, 7) is 2.84. The summed E-state index contributed by atoms with van der Waals surface area (Å²) in [5.74, 6) is 1.39. The van der Waals surface area contributed by atoms with E-state index in [2.05, 4.69) is 10.2 Å². The molecule has 31 heavy (non-hydrogen) atoms. The standard InChI is InChI=1S/C24H31FN2O4/c1-29-20-11-17(12-21(14-20)30-2)8-9-26-24(28)19-5-4-10-27(16-19)15-18-6-7-22(25)23(13-18)31-3/h6-7,11-14,19H,4-5,8-10,15-16H2,1-3H3,(H,26,28). The van der Waals surface area contributed by atoms with Crippen LogP contribution >= 0.6 is 0 Å². The molecule has 0 spiro atoms. The van der Waals surface area contributed by atoms with Crippen molar-refractivity contribution in [3.05, 3.63) is 53.3 Å². The first-order chi connectivity index (χ1) is 15.0. The second-order valence-electron chi connectivity index (χ2n) is 7.81. The van der Waals surface area contributed by atoms with E-state index in [1.54, 1.807) is 26.4 Å². The van der Waals surface area contributed by atoms with Crippen molar-refractivity contribution in [2.24, 2.45) is 5.92 Å². The zero-order valence-corrected chi connectivity index (χ0v) is 18.4. The van der Waals surface area contributed by atoms with Crippen LogP contribution in [0.3, 0.4) is 0 Å². The minimum atomic E-state index is -0.365. The molecule has 2 aromatic carbocycles. The van der Waals surface area contributed by atoms with Crippen LogP contribution in [-0.2, 0) is 17.8 Å². The number of likely N-dealkylation sites (tertiary alicyclic amines) is 1. The molecule has 3 rings (SSSR count). The monoisotopic (exact) mass is 430 g/mol. The van der Waals surface area contributed by atoms with Gasteiger partial charge in [-0.25, -0.2) is 4.39 Å². The van der Waals surface area contributed by atoms with Crippen LogP contribution in [0.15, 0.2) is 36.4 Å². The number of ether oxygens (including phenoxy) is 3. The van der Waals surface area contributed by atoms with Gasteiger partial charge in [0, 0.05) is 25.7 Å². The highest BCUT2D eigenvalue weighted by molar-refractivity contribution is 5.79. The SMILES string of the molecule is COc1cc(CCNC(=O)C2CCCN(Cc3ccc(F)c(OC)c3)C2)cc(OC)c1. The number of amides is 1. The van der Waals surface area contributed by atoms with Crippen LogP contribution in [0, 0.1) is 11.7 Å². The Morgan fingerprint density at radius 3 is 2.48 bits per heavy atom. The van der Waals surface area contributed by atoms with Gasteiger partial charge in [0.1, 0.15) is 11.5 Å². The molecule has 1 fully saturated rings. The average Bonchev–Trinajstić information content (AvgIpc) is 2.80. The Morgan fingerprint density at radius 2 is 1.81 bits per heavy atom. The van der Waals surface area contributed by atoms with Gasteiger partial charge in [0.05, 0.1) is 27.2 Å². The molecule has 1 amide bonds. The van der Waals surface area contributed by atoms with Crippen molar-refractivity contribution in [3.8, 4) is 17.2 Å². The molecule has 0 radical (unpaired) electrons. The molecule has 0 bridgehead atoms. The first-order valence-electron chi connectivity index (χ1n) is 10.6. The molecule has 0 aromatic heterocycles. The molecule has 1 unspecified atom stereocenters. The van der Waals surface area contributed by atoms with Gasteiger partial charge in [-0.3, -0.25) is 9.69 Å². The summed E-state index contributed by atoms with van der Waals surface area (Å²) < 4.78 is 29.3. The molecule has 2 aromatic rings. The summed E-state index contributed by atoms with van der Waals surface area (Å²) in [6, 6.07) is 10.7. The lowest BCUT2D eigenvalue weighted by Gasteiger charge is -2.32. The third-order valence-electron chi connectivity index (χ3n) is 5.62. The number of benzene rings is 2. The fraction of sp³-hybridized carbons (Fsp3) is 0.458. The third kappa shape index (κ3) is 6.34. The van der Waals surface area contributed by atoms with Crippen LogP contribution in [-0.4, -0.2) is 51.8 Å². The quantitative estimate of drug-likeness (QED) is 0.661. The Kier molecular flexibility index (Phi) is 8.12. The molecule has 168 valence electrons. The Morgan fingerprint density at radius 1 is 1.06 bits per heavy atom. The molecule has 1 saturated heterocycles. The zero-order valence-electron chi connectivity index (χ0n) is 18.4. The normalized spacial score (nSPS) is 16.6. The second kappa shape index (κ2) is 11.0. The molecular weight excluding hydrogens is 399 g/mol. The summed E-state index contributed by atoms with van der Waals surface area (Å²) in [4.78, 5) is 15.0. The van der Waals surface area contributed by atoms with Crippen molar-refractivity contribution in [3.63, 3.8) is 0 Å². The van der Waals surface area contributed by atoms with E-state index in [0.717, 1.165) is 42.0 Å². The Bertz CT molecular complexity index is 868. The van der Waals surface area contributed by atoms with Gasteiger partial charge in [-0.1, -0.05) is 6.07 Å². The number of piperidine rings is 1. The molecule has 1 aliphatic rings. The molecule has 7 heteroatoms. The summed E-state index contributed by atoms with van der Waals surface area (Å²) >= 11 is 0. The topological polar surface area (TPSA) is 60.0 Å². The van der Waals surface area contributed by atoms with E-state index in [1.807, 2.05) is 18.2 Å². The summed E-state index contributed by atoms with van der Waals surface area (Å²) in [6.07, 6.45) is 2.54. The summed E-state index contributed by atoms with van der Waals surface area (Å²) in [5.41, 5.74) is 2.03. The van der Waals surface area contributed by atoms with Crippen LogP contribution in [0.4, 0.5) is 4.39 Å². The number of rotatable bonds is 9. The van der Waals surface area contributed by atoms with Crippen molar-refractivity contribution in [1.29, 1.82) is 0 Å². The summed E-state index contributed by atoms with van der Waals surface area (Å²) in [5, 5.41) is 3.07. The van der Waals surface area contributed by atoms with Crippen LogP contribution in [0.25, 0.3) is 0 Å². The second-order valence-corrected chi connectivity index (χ2v) is 7.81. The molecule has 1 aliphatic heterocycles. The zero-order chi connectivity index (χ0) is 22.2. The predicted molar refractivity (Wildman–Crippen MR) is 117 cm³/mol. The number of nitrogens with zero attached hydrogens (tertiary/aromatic N) is 1. The van der Waals surface area contributed by atoms with Crippen molar-refractivity contribution >= 4 is 5.91 Å². The van der Waals surface area contributed by atoms with Gasteiger partial charge in [-0.05, 0) is 61.2 Å². The van der Waals surface area contributed by atoms with Gasteiger partial charge in [0.25, 0.3) is 0 Å². The first kappa shape index (κ1) is 22.9.